The highest BCUT2D eigenvalue weighted by Gasteiger charge is 2.33. The van der Waals surface area contributed by atoms with Crippen LogP contribution in [0.4, 0.5) is 0 Å². The number of thiazole rings is 1. The first kappa shape index (κ1) is 22.5. The number of ether oxygens (including phenoxy) is 2. The number of carbonyl (C=O) groups is 1. The van der Waals surface area contributed by atoms with Gasteiger partial charge < -0.3 is 14.6 Å². The van der Waals surface area contributed by atoms with Gasteiger partial charge in [-0.2, -0.15) is 0 Å². The summed E-state index contributed by atoms with van der Waals surface area (Å²) in [6, 6.07) is 13.7. The average molecular weight is 465 g/mol. The van der Waals surface area contributed by atoms with Gasteiger partial charge in [-0.15, -0.1) is 0 Å². The first-order chi connectivity index (χ1) is 16.0. The van der Waals surface area contributed by atoms with Gasteiger partial charge in [-0.05, 0) is 42.7 Å². The lowest BCUT2D eigenvalue weighted by atomic mass is 9.95. The van der Waals surface area contributed by atoms with Crippen LogP contribution in [0.5, 0.6) is 11.5 Å². The summed E-state index contributed by atoms with van der Waals surface area (Å²) in [5, 5.41) is 9.97. The Kier molecular flexibility index (Phi) is 6.46. The largest absolute Gasteiger partial charge is 0.504 e. The molecule has 0 radical (unpaired) electrons. The van der Waals surface area contributed by atoms with E-state index in [1.807, 2.05) is 44.2 Å². The predicted molar refractivity (Wildman–Crippen MR) is 126 cm³/mol. The Morgan fingerprint density at radius 1 is 1.21 bits per heavy atom. The number of nitrogens with zero attached hydrogens (tertiary/aromatic N) is 2. The molecule has 8 heteroatoms. The van der Waals surface area contributed by atoms with Gasteiger partial charge in [0.15, 0.2) is 16.3 Å². The highest BCUT2D eigenvalue weighted by molar-refractivity contribution is 7.07. The molecule has 0 spiro atoms. The summed E-state index contributed by atoms with van der Waals surface area (Å²) in [6.45, 7) is 4.16. The van der Waals surface area contributed by atoms with Crippen LogP contribution in [0, 0.1) is 0 Å². The third kappa shape index (κ3) is 4.21. The van der Waals surface area contributed by atoms with Crippen LogP contribution in [0.15, 0.2) is 69.6 Å². The Morgan fingerprint density at radius 2 is 1.97 bits per heavy atom. The average Bonchev–Trinajstić information content (AvgIpc) is 3.14. The molecule has 4 rings (SSSR count). The van der Waals surface area contributed by atoms with E-state index < -0.39 is 12.0 Å². The van der Waals surface area contributed by atoms with E-state index in [0.29, 0.717) is 44.9 Å². The SMILES string of the molecule is CCOc1cc(/C=c2\sc3n(c2=O)[C@H](c2ccccc2)C(C(=O)OC)=C(CC)N=3)ccc1O. The Hall–Kier alpha value is -3.65. The number of hydrogen-bond donors (Lipinski definition) is 1. The van der Waals surface area contributed by atoms with Crippen LogP contribution in [0.3, 0.4) is 0 Å². The maximum absolute atomic E-state index is 13.6. The number of phenolic OH excluding ortho intramolecular Hbond substituents is 1. The number of benzene rings is 2. The van der Waals surface area contributed by atoms with Crippen molar-refractivity contribution in [2.24, 2.45) is 4.99 Å². The third-order valence-electron chi connectivity index (χ3n) is 5.35. The van der Waals surface area contributed by atoms with E-state index in [9.17, 15) is 14.7 Å². The fourth-order valence-electron chi connectivity index (χ4n) is 3.86. The molecule has 1 atom stereocenters. The summed E-state index contributed by atoms with van der Waals surface area (Å²) >= 11 is 1.26. The molecule has 0 unspecified atom stereocenters. The summed E-state index contributed by atoms with van der Waals surface area (Å²) < 4.78 is 12.5. The summed E-state index contributed by atoms with van der Waals surface area (Å²) in [5.41, 5.74) is 2.23. The standard InChI is InChI=1S/C25H24N2O5S/c1-4-17-21(24(30)31-3)22(16-9-7-6-8-10-16)27-23(29)20(33-25(27)26-17)14-15-11-12-18(28)19(13-15)32-5-2/h6-14,22,28H,4-5H2,1-3H3/b20-14-/t22-/m1/s1. The lowest BCUT2D eigenvalue weighted by molar-refractivity contribution is -0.136. The molecule has 0 bridgehead atoms. The van der Waals surface area contributed by atoms with Gasteiger partial charge in [-0.1, -0.05) is 54.7 Å². The summed E-state index contributed by atoms with van der Waals surface area (Å²) in [5.74, 6) is -0.115. The second-order valence-corrected chi connectivity index (χ2v) is 8.37. The van der Waals surface area contributed by atoms with Crippen LogP contribution >= 0.6 is 11.3 Å². The van der Waals surface area contributed by atoms with E-state index in [1.54, 1.807) is 22.8 Å². The van der Waals surface area contributed by atoms with Crippen molar-refractivity contribution < 1.29 is 19.4 Å². The minimum atomic E-state index is -0.634. The molecule has 2 aromatic carbocycles. The quantitative estimate of drug-likeness (QED) is 0.567. The van der Waals surface area contributed by atoms with Crippen LogP contribution in [0.1, 0.15) is 37.4 Å². The minimum absolute atomic E-state index is 0.0369. The Balaban J connectivity index is 1.95. The van der Waals surface area contributed by atoms with Gasteiger partial charge in [-0.25, -0.2) is 9.79 Å². The zero-order chi connectivity index (χ0) is 23.5. The number of aromatic nitrogens is 1. The molecule has 0 aliphatic carbocycles. The molecule has 7 nitrogen and oxygen atoms in total. The Labute approximate surface area is 194 Å². The van der Waals surface area contributed by atoms with Crippen molar-refractivity contribution in [1.29, 1.82) is 0 Å². The van der Waals surface area contributed by atoms with Gasteiger partial charge >= 0.3 is 5.97 Å². The molecule has 3 aromatic rings. The van der Waals surface area contributed by atoms with Crippen LogP contribution in [0.25, 0.3) is 6.08 Å². The molecule has 0 saturated carbocycles. The number of esters is 1. The van der Waals surface area contributed by atoms with Gasteiger partial charge in [0.05, 0.1) is 35.6 Å². The van der Waals surface area contributed by atoms with Crippen molar-refractivity contribution in [1.82, 2.24) is 4.57 Å². The van der Waals surface area contributed by atoms with Crippen molar-refractivity contribution in [3.05, 3.63) is 90.6 Å². The van der Waals surface area contributed by atoms with Crippen molar-refractivity contribution in [2.45, 2.75) is 26.3 Å². The number of carbonyl (C=O) groups excluding carboxylic acids is 1. The maximum Gasteiger partial charge on any atom is 0.338 e. The second kappa shape index (κ2) is 9.46. The summed E-state index contributed by atoms with van der Waals surface area (Å²) in [7, 11) is 1.33. The molecule has 170 valence electrons. The highest BCUT2D eigenvalue weighted by Crippen LogP contribution is 2.32. The number of rotatable bonds is 6. The minimum Gasteiger partial charge on any atom is -0.504 e. The summed E-state index contributed by atoms with van der Waals surface area (Å²) in [6.07, 6.45) is 2.26. The zero-order valence-corrected chi connectivity index (χ0v) is 19.4. The molecule has 1 N–H and O–H groups in total. The van der Waals surface area contributed by atoms with Crippen molar-refractivity contribution in [2.75, 3.05) is 13.7 Å². The van der Waals surface area contributed by atoms with E-state index >= 15 is 0 Å². The van der Waals surface area contributed by atoms with Crippen LogP contribution in [-0.4, -0.2) is 29.4 Å². The van der Waals surface area contributed by atoms with E-state index in [4.69, 9.17) is 9.47 Å². The zero-order valence-electron chi connectivity index (χ0n) is 18.6. The van der Waals surface area contributed by atoms with Crippen molar-refractivity contribution in [3.8, 4) is 11.5 Å². The molecule has 2 heterocycles. The monoisotopic (exact) mass is 464 g/mol. The first-order valence-electron chi connectivity index (χ1n) is 10.6. The van der Waals surface area contributed by atoms with E-state index in [-0.39, 0.29) is 11.3 Å². The van der Waals surface area contributed by atoms with Gasteiger partial charge in [0.25, 0.3) is 5.56 Å². The van der Waals surface area contributed by atoms with Gasteiger partial charge in [-0.3, -0.25) is 9.36 Å². The van der Waals surface area contributed by atoms with Gasteiger partial charge in [0, 0.05) is 0 Å². The van der Waals surface area contributed by atoms with E-state index in [2.05, 4.69) is 4.99 Å². The molecular weight excluding hydrogens is 440 g/mol. The van der Waals surface area contributed by atoms with Gasteiger partial charge in [0.1, 0.15) is 0 Å². The lowest BCUT2D eigenvalue weighted by Crippen LogP contribution is -2.40. The lowest BCUT2D eigenvalue weighted by Gasteiger charge is -2.25. The summed E-state index contributed by atoms with van der Waals surface area (Å²) in [4.78, 5) is 31.5. The maximum atomic E-state index is 13.6. The molecule has 0 saturated heterocycles. The fourth-order valence-corrected chi connectivity index (χ4v) is 4.88. The third-order valence-corrected chi connectivity index (χ3v) is 6.33. The second-order valence-electron chi connectivity index (χ2n) is 7.36. The van der Waals surface area contributed by atoms with E-state index in [0.717, 1.165) is 5.56 Å². The smallest absolute Gasteiger partial charge is 0.338 e. The molecule has 33 heavy (non-hydrogen) atoms. The molecule has 1 aromatic heterocycles. The van der Waals surface area contributed by atoms with Crippen LogP contribution in [0.2, 0.25) is 0 Å². The van der Waals surface area contributed by atoms with Crippen LogP contribution in [-0.2, 0) is 9.53 Å². The van der Waals surface area contributed by atoms with Crippen molar-refractivity contribution in [3.63, 3.8) is 0 Å². The topological polar surface area (TPSA) is 90.1 Å². The highest BCUT2D eigenvalue weighted by atomic mass is 32.1. The molecule has 1 aliphatic heterocycles. The fraction of sp³-hybridized carbons (Fsp3) is 0.240. The predicted octanol–water partition coefficient (Wildman–Crippen LogP) is 2.90. The number of aromatic hydroxyl groups is 1. The van der Waals surface area contributed by atoms with Crippen LogP contribution < -0.4 is 19.6 Å². The molecule has 0 fully saturated rings. The first-order valence-corrected chi connectivity index (χ1v) is 11.4. The Bertz CT molecular complexity index is 1400. The van der Waals surface area contributed by atoms with Crippen molar-refractivity contribution >= 4 is 23.4 Å². The van der Waals surface area contributed by atoms with Gasteiger partial charge in [0.2, 0.25) is 0 Å². The number of allylic oxidation sites excluding steroid dienone is 1. The number of hydrogen-bond acceptors (Lipinski definition) is 7. The number of methoxy groups -OCH3 is 1. The van der Waals surface area contributed by atoms with E-state index in [1.165, 1.54) is 24.5 Å². The number of fused-ring (bicyclic) bond motifs is 1. The molecule has 0 amide bonds. The number of phenols is 1. The normalized spacial score (nSPS) is 15.7. The molecular formula is C25H24N2O5S. The Morgan fingerprint density at radius 3 is 2.64 bits per heavy atom. The molecule has 1 aliphatic rings.